The zero-order valence-corrected chi connectivity index (χ0v) is 8.98. The van der Waals surface area contributed by atoms with Crippen LogP contribution in [0.1, 0.15) is 45.4 Å². The molecule has 0 unspecified atom stereocenters. The Morgan fingerprint density at radius 3 is 2.86 bits per heavy atom. The Bertz CT molecular complexity index is 241. The SMILES string of the molecule is CC1=C(F)C(CCCCCN)=CCC1. The Morgan fingerprint density at radius 2 is 2.14 bits per heavy atom. The van der Waals surface area contributed by atoms with Gasteiger partial charge in [0.25, 0.3) is 0 Å². The van der Waals surface area contributed by atoms with E-state index in [4.69, 9.17) is 5.73 Å². The lowest BCUT2D eigenvalue weighted by atomic mass is 9.95. The molecule has 80 valence electrons. The van der Waals surface area contributed by atoms with E-state index in [0.717, 1.165) is 56.2 Å². The first-order valence-electron chi connectivity index (χ1n) is 5.50. The molecule has 0 saturated heterocycles. The van der Waals surface area contributed by atoms with Crippen LogP contribution in [0.15, 0.2) is 23.0 Å². The molecule has 0 aromatic heterocycles. The fourth-order valence-electron chi connectivity index (χ4n) is 1.78. The van der Waals surface area contributed by atoms with E-state index in [9.17, 15) is 4.39 Å². The third kappa shape index (κ3) is 3.26. The van der Waals surface area contributed by atoms with Gasteiger partial charge in [0.05, 0.1) is 0 Å². The predicted molar refractivity (Wildman–Crippen MR) is 58.6 cm³/mol. The second kappa shape index (κ2) is 5.97. The van der Waals surface area contributed by atoms with E-state index in [1.165, 1.54) is 0 Å². The summed E-state index contributed by atoms with van der Waals surface area (Å²) in [5.74, 6) is 0.0454. The Kier molecular flexibility index (Phi) is 4.88. The van der Waals surface area contributed by atoms with Crippen LogP contribution in [0, 0.1) is 0 Å². The summed E-state index contributed by atoms with van der Waals surface area (Å²) in [6.45, 7) is 2.64. The summed E-state index contributed by atoms with van der Waals surface area (Å²) in [5.41, 5.74) is 7.24. The molecule has 1 nitrogen and oxygen atoms in total. The third-order valence-electron chi connectivity index (χ3n) is 2.72. The van der Waals surface area contributed by atoms with Crippen molar-refractivity contribution in [2.45, 2.75) is 45.4 Å². The summed E-state index contributed by atoms with van der Waals surface area (Å²) in [7, 11) is 0. The molecule has 0 fully saturated rings. The van der Waals surface area contributed by atoms with Gasteiger partial charge in [0.15, 0.2) is 0 Å². The third-order valence-corrected chi connectivity index (χ3v) is 2.72. The van der Waals surface area contributed by atoms with Crippen LogP contribution in [0.3, 0.4) is 0 Å². The molecule has 0 saturated carbocycles. The summed E-state index contributed by atoms with van der Waals surface area (Å²) in [4.78, 5) is 0. The van der Waals surface area contributed by atoms with Crippen LogP contribution >= 0.6 is 0 Å². The molecule has 0 aromatic carbocycles. The van der Waals surface area contributed by atoms with E-state index in [2.05, 4.69) is 0 Å². The molecule has 0 spiro atoms. The minimum absolute atomic E-state index is 0.0454. The average Bonchev–Trinajstić information content (AvgIpc) is 2.19. The molecule has 2 heteroatoms. The fraction of sp³-hybridized carbons (Fsp3) is 0.667. The molecular weight excluding hydrogens is 177 g/mol. The Labute approximate surface area is 85.9 Å². The number of halogens is 1. The molecule has 0 amide bonds. The zero-order chi connectivity index (χ0) is 10.4. The standard InChI is InChI=1S/C12H20FN/c1-10-6-5-8-11(12(10)13)7-3-2-4-9-14/h8H,2-7,9,14H2,1H3. The highest BCUT2D eigenvalue weighted by Crippen LogP contribution is 2.29. The highest BCUT2D eigenvalue weighted by atomic mass is 19.1. The summed E-state index contributed by atoms with van der Waals surface area (Å²) < 4.78 is 13.5. The minimum atomic E-state index is 0.0454. The van der Waals surface area contributed by atoms with E-state index in [0.29, 0.717) is 0 Å². The Balaban J connectivity index is 2.34. The molecule has 14 heavy (non-hydrogen) atoms. The number of allylic oxidation sites excluding steroid dienone is 4. The average molecular weight is 197 g/mol. The van der Waals surface area contributed by atoms with Crippen LogP contribution < -0.4 is 5.73 Å². The van der Waals surface area contributed by atoms with E-state index < -0.39 is 0 Å². The molecule has 0 atom stereocenters. The van der Waals surface area contributed by atoms with E-state index in [1.807, 2.05) is 13.0 Å². The molecule has 0 heterocycles. The lowest BCUT2D eigenvalue weighted by Crippen LogP contribution is -1.99. The minimum Gasteiger partial charge on any atom is -0.330 e. The van der Waals surface area contributed by atoms with Crippen molar-refractivity contribution in [3.8, 4) is 0 Å². The number of hydrogen-bond acceptors (Lipinski definition) is 1. The quantitative estimate of drug-likeness (QED) is 0.671. The number of unbranched alkanes of at least 4 members (excludes halogenated alkanes) is 2. The second-order valence-electron chi connectivity index (χ2n) is 3.96. The predicted octanol–water partition coefficient (Wildman–Crippen LogP) is 3.47. The van der Waals surface area contributed by atoms with Gasteiger partial charge in [0.1, 0.15) is 5.83 Å². The van der Waals surface area contributed by atoms with Gasteiger partial charge in [-0.15, -0.1) is 0 Å². The first-order valence-corrected chi connectivity index (χ1v) is 5.50. The maximum Gasteiger partial charge on any atom is 0.125 e. The van der Waals surface area contributed by atoms with E-state index in [-0.39, 0.29) is 5.83 Å². The van der Waals surface area contributed by atoms with Crippen molar-refractivity contribution >= 4 is 0 Å². The van der Waals surface area contributed by atoms with Gasteiger partial charge in [0.2, 0.25) is 0 Å². The molecule has 0 aliphatic heterocycles. The van der Waals surface area contributed by atoms with Gasteiger partial charge < -0.3 is 5.73 Å². The van der Waals surface area contributed by atoms with Crippen LogP contribution in [-0.4, -0.2) is 6.54 Å². The first kappa shape index (κ1) is 11.4. The van der Waals surface area contributed by atoms with Gasteiger partial charge in [-0.2, -0.15) is 0 Å². The van der Waals surface area contributed by atoms with Crippen molar-refractivity contribution < 1.29 is 4.39 Å². The van der Waals surface area contributed by atoms with Gasteiger partial charge in [0, 0.05) is 0 Å². The van der Waals surface area contributed by atoms with Gasteiger partial charge in [-0.05, 0) is 56.7 Å². The first-order chi connectivity index (χ1) is 6.75. The lowest BCUT2D eigenvalue weighted by molar-refractivity contribution is 0.591. The molecule has 0 bridgehead atoms. The highest BCUT2D eigenvalue weighted by molar-refractivity contribution is 5.32. The number of nitrogens with two attached hydrogens (primary N) is 1. The lowest BCUT2D eigenvalue weighted by Gasteiger charge is -2.13. The van der Waals surface area contributed by atoms with Crippen molar-refractivity contribution in [1.29, 1.82) is 0 Å². The summed E-state index contributed by atoms with van der Waals surface area (Å²) in [5, 5.41) is 0. The van der Waals surface area contributed by atoms with Gasteiger partial charge in [-0.25, -0.2) is 4.39 Å². The van der Waals surface area contributed by atoms with Gasteiger partial charge >= 0.3 is 0 Å². The normalized spacial score (nSPS) is 17.2. The smallest absolute Gasteiger partial charge is 0.125 e. The number of hydrogen-bond donors (Lipinski definition) is 1. The van der Waals surface area contributed by atoms with Crippen molar-refractivity contribution in [2.24, 2.45) is 5.73 Å². The highest BCUT2D eigenvalue weighted by Gasteiger charge is 2.11. The zero-order valence-electron chi connectivity index (χ0n) is 8.98. The van der Waals surface area contributed by atoms with Crippen LogP contribution in [0.4, 0.5) is 4.39 Å². The molecule has 1 rings (SSSR count). The van der Waals surface area contributed by atoms with E-state index in [1.54, 1.807) is 0 Å². The van der Waals surface area contributed by atoms with Crippen LogP contribution in [0.5, 0.6) is 0 Å². The van der Waals surface area contributed by atoms with Crippen LogP contribution in [0.2, 0.25) is 0 Å². The van der Waals surface area contributed by atoms with Crippen LogP contribution in [-0.2, 0) is 0 Å². The van der Waals surface area contributed by atoms with Crippen LogP contribution in [0.25, 0.3) is 0 Å². The van der Waals surface area contributed by atoms with E-state index >= 15 is 0 Å². The second-order valence-corrected chi connectivity index (χ2v) is 3.96. The van der Waals surface area contributed by atoms with Gasteiger partial charge in [-0.3, -0.25) is 0 Å². The molecular formula is C12H20FN. The van der Waals surface area contributed by atoms with Crippen molar-refractivity contribution in [2.75, 3.05) is 6.54 Å². The summed E-state index contributed by atoms with van der Waals surface area (Å²) in [6.07, 6.45) is 8.04. The van der Waals surface area contributed by atoms with Crippen molar-refractivity contribution in [1.82, 2.24) is 0 Å². The Hall–Kier alpha value is -0.630. The number of rotatable bonds is 5. The van der Waals surface area contributed by atoms with Gasteiger partial charge in [-0.1, -0.05) is 12.5 Å². The Morgan fingerprint density at radius 1 is 1.36 bits per heavy atom. The maximum atomic E-state index is 13.5. The van der Waals surface area contributed by atoms with Crippen molar-refractivity contribution in [3.05, 3.63) is 23.0 Å². The monoisotopic (exact) mass is 197 g/mol. The summed E-state index contributed by atoms with van der Waals surface area (Å²) >= 11 is 0. The molecule has 1 aliphatic carbocycles. The fourth-order valence-corrected chi connectivity index (χ4v) is 1.78. The topological polar surface area (TPSA) is 26.0 Å². The molecule has 2 N–H and O–H groups in total. The molecule has 1 aliphatic rings. The molecule has 0 aromatic rings. The summed E-state index contributed by atoms with van der Waals surface area (Å²) in [6, 6.07) is 0. The molecule has 0 radical (unpaired) electrons. The largest absolute Gasteiger partial charge is 0.330 e. The van der Waals surface area contributed by atoms with Crippen molar-refractivity contribution in [3.63, 3.8) is 0 Å². The maximum absolute atomic E-state index is 13.5.